The maximum atomic E-state index is 13.0. The smallest absolute Gasteiger partial charge is 0.338 e. The number of likely N-dealkylation sites (tertiary alicyclic amines) is 1. The predicted molar refractivity (Wildman–Crippen MR) is 106 cm³/mol. The summed E-state index contributed by atoms with van der Waals surface area (Å²) in [4.78, 5) is 29.8. The van der Waals surface area contributed by atoms with Crippen LogP contribution in [0.25, 0.3) is 0 Å². The van der Waals surface area contributed by atoms with Crippen LogP contribution in [0.2, 0.25) is 0 Å². The third kappa shape index (κ3) is 4.14. The van der Waals surface area contributed by atoms with E-state index < -0.39 is 6.04 Å². The summed E-state index contributed by atoms with van der Waals surface area (Å²) in [6.45, 7) is 6.99. The van der Waals surface area contributed by atoms with Crippen molar-refractivity contribution in [2.24, 2.45) is 0 Å². The number of benzene rings is 1. The Morgan fingerprint density at radius 3 is 2.64 bits per heavy atom. The Morgan fingerprint density at radius 1 is 1.25 bits per heavy atom. The van der Waals surface area contributed by atoms with Gasteiger partial charge in [0.2, 0.25) is 0 Å². The first-order chi connectivity index (χ1) is 13.6. The Hall–Kier alpha value is -2.54. The Morgan fingerprint density at radius 2 is 2.00 bits per heavy atom. The molecule has 1 N–H and O–H groups in total. The topological polar surface area (TPSA) is 71.1 Å². The highest BCUT2D eigenvalue weighted by atomic mass is 16.5. The van der Waals surface area contributed by atoms with Gasteiger partial charge in [0.15, 0.2) is 0 Å². The van der Waals surface area contributed by atoms with Crippen LogP contribution < -0.4 is 10.1 Å². The van der Waals surface area contributed by atoms with Crippen molar-refractivity contribution in [1.82, 2.24) is 15.1 Å². The Labute approximate surface area is 166 Å². The molecule has 2 aliphatic heterocycles. The van der Waals surface area contributed by atoms with Crippen LogP contribution in [-0.4, -0.2) is 61.7 Å². The maximum absolute atomic E-state index is 13.0. The molecule has 2 aliphatic rings. The van der Waals surface area contributed by atoms with Gasteiger partial charge < -0.3 is 14.8 Å². The first-order valence-corrected chi connectivity index (χ1v) is 9.93. The second-order valence-electron chi connectivity index (χ2n) is 6.97. The fourth-order valence-corrected chi connectivity index (χ4v) is 3.88. The van der Waals surface area contributed by atoms with Crippen LogP contribution in [0.1, 0.15) is 38.3 Å². The lowest BCUT2D eigenvalue weighted by molar-refractivity contribution is -0.139. The molecule has 2 amide bonds. The van der Waals surface area contributed by atoms with Crippen molar-refractivity contribution in [3.05, 3.63) is 41.1 Å². The average molecular weight is 387 g/mol. The lowest BCUT2D eigenvalue weighted by Gasteiger charge is -2.37. The number of carbonyl (C=O) groups excluding carboxylic acids is 2. The van der Waals surface area contributed by atoms with Gasteiger partial charge in [-0.05, 0) is 57.5 Å². The number of urea groups is 1. The zero-order chi connectivity index (χ0) is 20.1. The highest BCUT2D eigenvalue weighted by Gasteiger charge is 2.38. The molecule has 0 saturated carbocycles. The molecule has 0 aliphatic carbocycles. The van der Waals surface area contributed by atoms with Crippen molar-refractivity contribution < 1.29 is 19.1 Å². The summed E-state index contributed by atoms with van der Waals surface area (Å²) in [5.74, 6) is 0.289. The Bertz CT molecular complexity index is 756. The van der Waals surface area contributed by atoms with Crippen LogP contribution in [-0.2, 0) is 9.53 Å². The summed E-state index contributed by atoms with van der Waals surface area (Å²) in [5, 5.41) is 2.98. The maximum Gasteiger partial charge on any atom is 0.338 e. The summed E-state index contributed by atoms with van der Waals surface area (Å²) >= 11 is 0. The van der Waals surface area contributed by atoms with Crippen molar-refractivity contribution in [3.63, 3.8) is 0 Å². The van der Waals surface area contributed by atoms with Gasteiger partial charge in [0.25, 0.3) is 0 Å². The minimum atomic E-state index is -0.568. The van der Waals surface area contributed by atoms with Crippen LogP contribution >= 0.6 is 0 Å². The Balaban J connectivity index is 2.09. The van der Waals surface area contributed by atoms with Gasteiger partial charge in [-0.25, -0.2) is 9.59 Å². The van der Waals surface area contributed by atoms with Crippen molar-refractivity contribution in [2.75, 3.05) is 39.9 Å². The summed E-state index contributed by atoms with van der Waals surface area (Å²) in [7, 11) is 1.60. The van der Waals surface area contributed by atoms with E-state index in [-0.39, 0.29) is 18.6 Å². The molecule has 28 heavy (non-hydrogen) atoms. The first kappa shape index (κ1) is 20.2. The molecule has 7 heteroatoms. The SMILES string of the molecule is CCOC(=O)C1=C(CN2CCCC2)N(CC)C(=O)NC1c1cccc(OC)c1. The van der Waals surface area contributed by atoms with E-state index >= 15 is 0 Å². The molecule has 7 nitrogen and oxygen atoms in total. The molecular weight excluding hydrogens is 358 g/mol. The first-order valence-electron chi connectivity index (χ1n) is 9.93. The van der Waals surface area contributed by atoms with Gasteiger partial charge in [0, 0.05) is 18.8 Å². The number of hydrogen-bond donors (Lipinski definition) is 1. The van der Waals surface area contributed by atoms with Gasteiger partial charge >= 0.3 is 12.0 Å². The number of nitrogens with zero attached hydrogens (tertiary/aromatic N) is 2. The summed E-state index contributed by atoms with van der Waals surface area (Å²) < 4.78 is 10.7. The molecular formula is C21H29N3O4. The van der Waals surface area contributed by atoms with Crippen LogP contribution in [0, 0.1) is 0 Å². The van der Waals surface area contributed by atoms with Crippen LogP contribution in [0.3, 0.4) is 0 Å². The number of ether oxygens (including phenoxy) is 2. The summed E-state index contributed by atoms with van der Waals surface area (Å²) in [5.41, 5.74) is 2.04. The van der Waals surface area contributed by atoms with Crippen molar-refractivity contribution in [2.45, 2.75) is 32.7 Å². The van der Waals surface area contributed by atoms with E-state index in [1.807, 2.05) is 31.2 Å². The molecule has 2 heterocycles. The average Bonchev–Trinajstić information content (AvgIpc) is 3.21. The van der Waals surface area contributed by atoms with Gasteiger partial charge in [-0.2, -0.15) is 0 Å². The minimum absolute atomic E-state index is 0.197. The predicted octanol–water partition coefficient (Wildman–Crippen LogP) is 2.69. The van der Waals surface area contributed by atoms with E-state index in [0.717, 1.165) is 37.2 Å². The zero-order valence-corrected chi connectivity index (χ0v) is 16.9. The number of nitrogens with one attached hydrogen (secondary N) is 1. The van der Waals surface area contributed by atoms with E-state index in [9.17, 15) is 9.59 Å². The van der Waals surface area contributed by atoms with E-state index in [0.29, 0.717) is 24.4 Å². The summed E-state index contributed by atoms with van der Waals surface area (Å²) in [6.07, 6.45) is 2.28. The molecule has 152 valence electrons. The second-order valence-corrected chi connectivity index (χ2v) is 6.97. The van der Waals surface area contributed by atoms with E-state index in [4.69, 9.17) is 9.47 Å². The molecule has 0 bridgehead atoms. The van der Waals surface area contributed by atoms with Gasteiger partial charge in [0.05, 0.1) is 25.3 Å². The highest BCUT2D eigenvalue weighted by Crippen LogP contribution is 2.33. The third-order valence-corrected chi connectivity index (χ3v) is 5.25. The minimum Gasteiger partial charge on any atom is -0.497 e. The quantitative estimate of drug-likeness (QED) is 0.729. The number of rotatable bonds is 7. The fraction of sp³-hybridized carbons (Fsp3) is 0.524. The lowest BCUT2D eigenvalue weighted by Crippen LogP contribution is -2.50. The number of likely N-dealkylation sites (N-methyl/N-ethyl adjacent to an activating group) is 1. The van der Waals surface area contributed by atoms with Crippen LogP contribution in [0.15, 0.2) is 35.5 Å². The number of esters is 1. The summed E-state index contributed by atoms with van der Waals surface area (Å²) in [6, 6.07) is 6.67. The lowest BCUT2D eigenvalue weighted by atomic mass is 9.94. The molecule has 1 saturated heterocycles. The van der Waals surface area contributed by atoms with Gasteiger partial charge in [-0.1, -0.05) is 12.1 Å². The molecule has 1 fully saturated rings. The molecule has 1 aromatic rings. The number of methoxy groups -OCH3 is 1. The van der Waals surface area contributed by atoms with E-state index in [1.54, 1.807) is 18.9 Å². The number of hydrogen-bond acceptors (Lipinski definition) is 5. The highest BCUT2D eigenvalue weighted by molar-refractivity contribution is 5.95. The van der Waals surface area contributed by atoms with Gasteiger partial charge in [0.1, 0.15) is 5.75 Å². The molecule has 0 aromatic heterocycles. The molecule has 3 rings (SSSR count). The largest absolute Gasteiger partial charge is 0.497 e. The molecule has 1 unspecified atom stereocenters. The molecule has 1 aromatic carbocycles. The van der Waals surface area contributed by atoms with E-state index in [1.165, 1.54) is 0 Å². The van der Waals surface area contributed by atoms with Crippen molar-refractivity contribution in [1.29, 1.82) is 0 Å². The molecule has 1 atom stereocenters. The second kappa shape index (κ2) is 9.10. The monoisotopic (exact) mass is 387 g/mol. The Kier molecular flexibility index (Phi) is 6.57. The van der Waals surface area contributed by atoms with Gasteiger partial charge in [-0.15, -0.1) is 0 Å². The standard InChI is InChI=1S/C21H29N3O4/c1-4-24-17(14-23-11-6-7-12-23)18(20(25)28-5-2)19(22-21(24)26)15-9-8-10-16(13-15)27-3/h8-10,13,19H,4-7,11-12,14H2,1-3H3,(H,22,26). The van der Waals surface area contributed by atoms with Crippen LogP contribution in [0.4, 0.5) is 4.79 Å². The normalized spacial score (nSPS) is 20.3. The number of carbonyl (C=O) groups is 2. The fourth-order valence-electron chi connectivity index (χ4n) is 3.88. The zero-order valence-electron chi connectivity index (χ0n) is 16.9. The molecule has 0 spiro atoms. The van der Waals surface area contributed by atoms with Crippen molar-refractivity contribution >= 4 is 12.0 Å². The number of amides is 2. The third-order valence-electron chi connectivity index (χ3n) is 5.25. The van der Waals surface area contributed by atoms with E-state index in [2.05, 4.69) is 10.2 Å². The van der Waals surface area contributed by atoms with Crippen molar-refractivity contribution in [3.8, 4) is 5.75 Å². The van der Waals surface area contributed by atoms with Crippen LogP contribution in [0.5, 0.6) is 5.75 Å². The molecule has 0 radical (unpaired) electrons. The van der Waals surface area contributed by atoms with Gasteiger partial charge in [-0.3, -0.25) is 9.80 Å².